The zero-order valence-electron chi connectivity index (χ0n) is 84.4. The molecule has 0 saturated carbocycles. The molecule has 0 unspecified atom stereocenters. The monoisotopic (exact) mass is 1990 g/mol. The number of esters is 10. The predicted octanol–water partition coefficient (Wildman–Crippen LogP) is 32.8. The SMILES string of the molecule is C.C.C.C.C.C.CCCC(=O)OCCCCCCOc1ccc(-c2ccc(OC(=O)CCC)cc2)cc1.CCCC(=O)OCCCCCCOc1ccc(C(=O)Oc2ccc(OC(=O)c3ccc(OC(=O)CCC)cc3)cc2C)cc1.CCCC(=O)OCCCCCCOc1ccc(C(=O)Oc2ccc(OC(=O)c3ccc(OC(=O)CCC)cc3)cc2C)cc1.CCCCCC.CCCCCC.CCCCCC. The molecule has 0 heterocycles. The largest absolute Gasteiger partial charge is 0.494 e. The number of hydrogen-bond donors (Lipinski definition) is 0. The second-order valence-electron chi connectivity index (χ2n) is 33.1. The highest BCUT2D eigenvalue weighted by Gasteiger charge is 2.19. The van der Waals surface area contributed by atoms with Gasteiger partial charge >= 0.3 is 59.7 Å². The van der Waals surface area contributed by atoms with E-state index in [4.69, 9.17) is 61.6 Å². The van der Waals surface area contributed by atoms with E-state index in [1.807, 2.05) is 90.1 Å². The summed E-state index contributed by atoms with van der Waals surface area (Å²) in [6.45, 7) is 31.7. The second kappa shape index (κ2) is 87.6. The molecule has 0 aliphatic carbocycles. The Bertz CT molecular complexity index is 4410. The van der Waals surface area contributed by atoms with Crippen LogP contribution in [0.2, 0.25) is 0 Å². The maximum atomic E-state index is 12.7. The van der Waals surface area contributed by atoms with Crippen molar-refractivity contribution in [1.82, 2.24) is 0 Å². The number of rotatable bonds is 57. The highest BCUT2D eigenvalue weighted by atomic mass is 16.6. The predicted molar refractivity (Wildman–Crippen MR) is 581 cm³/mol. The van der Waals surface area contributed by atoms with E-state index in [0.29, 0.717) is 176 Å². The summed E-state index contributed by atoms with van der Waals surface area (Å²) in [5.41, 5.74) is 4.69. The third kappa shape index (κ3) is 64.2. The van der Waals surface area contributed by atoms with Crippen LogP contribution in [0.4, 0.5) is 0 Å². The summed E-state index contributed by atoms with van der Waals surface area (Å²) in [7, 11) is 0. The van der Waals surface area contributed by atoms with Crippen molar-refractivity contribution in [3.8, 4) is 68.6 Å². The third-order valence-electron chi connectivity index (χ3n) is 20.5. The quantitative estimate of drug-likeness (QED) is 0.0148. The lowest BCUT2D eigenvalue weighted by Gasteiger charge is -2.11. The van der Waals surface area contributed by atoms with Crippen molar-refractivity contribution in [2.24, 2.45) is 0 Å². The highest BCUT2D eigenvalue weighted by Crippen LogP contribution is 2.31. The van der Waals surface area contributed by atoms with Gasteiger partial charge in [-0.15, -0.1) is 0 Å². The van der Waals surface area contributed by atoms with Gasteiger partial charge in [0.1, 0.15) is 57.5 Å². The molecule has 0 spiro atoms. The fourth-order valence-electron chi connectivity index (χ4n) is 12.7. The molecule has 0 aliphatic heterocycles. The van der Waals surface area contributed by atoms with Crippen molar-refractivity contribution >= 4 is 59.7 Å². The summed E-state index contributed by atoms with van der Waals surface area (Å²) in [5, 5.41) is 0. The standard InChI is InChI=1S/2C35H40O9.C26H34O5.3C6H14.6CH4/c2*1-4-10-32(36)41-23-9-7-6-8-22-40-28-16-12-27(13-17-28)35(39)44-31-21-20-30(24-25(31)3)43-34(38)26-14-18-29(19-15-26)42-33(37)11-5-2;1-3-9-25(27)30-20-8-6-5-7-19-29-23-15-11-21(12-16-23)22-13-17-24(18-14-22)31-26(28)10-4-2;3*1-3-5-6-4-2;;;;;;/h2*12-21,24H,4-11,22-23H2,1-3H3;11-18H,3-10,19-20H2,1-2H3;3*3-6H2,1-2H3;6*1H4. The van der Waals surface area contributed by atoms with E-state index in [1.165, 1.54) is 126 Å². The Morgan fingerprint density at radius 1 is 0.189 bits per heavy atom. The average molecular weight is 1990 g/mol. The first-order valence-electron chi connectivity index (χ1n) is 50.1. The van der Waals surface area contributed by atoms with E-state index in [-0.39, 0.29) is 80.4 Å². The van der Waals surface area contributed by atoms with Crippen LogP contribution >= 0.6 is 0 Å². The molecule has 0 radical (unpaired) electrons. The van der Waals surface area contributed by atoms with Crippen molar-refractivity contribution in [2.75, 3.05) is 39.6 Å². The zero-order chi connectivity index (χ0) is 100. The molecule has 0 N–H and O–H groups in total. The van der Waals surface area contributed by atoms with E-state index in [9.17, 15) is 47.9 Å². The van der Waals surface area contributed by atoms with Crippen LogP contribution in [0.1, 0.15) is 411 Å². The van der Waals surface area contributed by atoms with E-state index in [0.717, 1.165) is 120 Å². The Morgan fingerprint density at radius 2 is 0.385 bits per heavy atom. The molecular weight excluding hydrogens is 1810 g/mol. The summed E-state index contributed by atoms with van der Waals surface area (Å²) in [4.78, 5) is 119. The first kappa shape index (κ1) is 137. The summed E-state index contributed by atoms with van der Waals surface area (Å²) < 4.78 is 70.5. The summed E-state index contributed by atoms with van der Waals surface area (Å²) >= 11 is 0. The van der Waals surface area contributed by atoms with Crippen LogP contribution in [-0.4, -0.2) is 99.3 Å². The number of carbonyl (C=O) groups is 10. The topological polar surface area (TPSA) is 291 Å². The molecule has 0 amide bonds. The minimum Gasteiger partial charge on any atom is -0.494 e. The van der Waals surface area contributed by atoms with Gasteiger partial charge in [-0.25, -0.2) is 19.2 Å². The fraction of sp³-hybridized carbons (Fsp3) is 0.517. The van der Waals surface area contributed by atoms with Crippen LogP contribution in [0, 0.1) is 13.8 Å². The average Bonchev–Trinajstić information content (AvgIpc) is 0.841. The number of ether oxygens (including phenoxy) is 13. The van der Waals surface area contributed by atoms with Crippen molar-refractivity contribution in [1.29, 1.82) is 0 Å². The fourth-order valence-corrected chi connectivity index (χ4v) is 12.7. The maximum Gasteiger partial charge on any atom is 0.343 e. The van der Waals surface area contributed by atoms with Gasteiger partial charge in [0.15, 0.2) is 0 Å². The van der Waals surface area contributed by atoms with Gasteiger partial charge in [-0.3, -0.25) is 28.8 Å². The molecule has 143 heavy (non-hydrogen) atoms. The molecule has 23 nitrogen and oxygen atoms in total. The zero-order valence-corrected chi connectivity index (χ0v) is 84.4. The van der Waals surface area contributed by atoms with Crippen LogP contribution in [0.25, 0.3) is 11.1 Å². The Kier molecular flexibility index (Phi) is 84.0. The molecular formula is C120H180O23. The lowest BCUT2D eigenvalue weighted by atomic mass is 10.1. The Morgan fingerprint density at radius 3 is 0.608 bits per heavy atom. The second-order valence-corrected chi connectivity index (χ2v) is 33.1. The van der Waals surface area contributed by atoms with Crippen molar-refractivity contribution in [2.45, 2.75) is 373 Å². The third-order valence-corrected chi connectivity index (χ3v) is 20.5. The van der Waals surface area contributed by atoms with Gasteiger partial charge in [-0.05, 0) is 309 Å². The number of carbonyl (C=O) groups excluding carboxylic acids is 10. The van der Waals surface area contributed by atoms with E-state index in [2.05, 4.69) is 41.5 Å². The van der Waals surface area contributed by atoms with E-state index < -0.39 is 23.9 Å². The number of unbranched alkanes of at least 4 members (excludes halogenated alkanes) is 18. The molecule has 0 saturated heterocycles. The van der Waals surface area contributed by atoms with Gasteiger partial charge in [-0.2, -0.15) is 0 Å². The molecule has 23 heteroatoms. The molecule has 0 aromatic heterocycles. The lowest BCUT2D eigenvalue weighted by Crippen LogP contribution is -2.11. The summed E-state index contributed by atoms with van der Waals surface area (Å²) in [5.74, 6) is 1.29. The number of benzene rings is 8. The van der Waals surface area contributed by atoms with Crippen LogP contribution < -0.4 is 47.4 Å². The minimum absolute atomic E-state index is 0. The van der Waals surface area contributed by atoms with Crippen LogP contribution in [-0.2, 0) is 43.0 Å². The Hall–Kier alpha value is -12.1. The molecule has 0 atom stereocenters. The van der Waals surface area contributed by atoms with E-state index in [1.54, 1.807) is 98.8 Å². The first-order valence-corrected chi connectivity index (χ1v) is 50.1. The van der Waals surface area contributed by atoms with Crippen molar-refractivity contribution < 1.29 is 110 Å². The van der Waals surface area contributed by atoms with Crippen LogP contribution in [0.15, 0.2) is 182 Å². The minimum atomic E-state index is -0.576. The van der Waals surface area contributed by atoms with Crippen molar-refractivity contribution in [3.63, 3.8) is 0 Å². The van der Waals surface area contributed by atoms with E-state index >= 15 is 0 Å². The van der Waals surface area contributed by atoms with Gasteiger partial charge in [0.05, 0.1) is 61.9 Å². The summed E-state index contributed by atoms with van der Waals surface area (Å²) in [6.07, 6.45) is 35.0. The Balaban J connectivity index is -0.000000921. The normalized spacial score (nSPS) is 9.89. The van der Waals surface area contributed by atoms with Gasteiger partial charge < -0.3 is 61.6 Å². The van der Waals surface area contributed by atoms with Crippen molar-refractivity contribution in [3.05, 3.63) is 215 Å². The van der Waals surface area contributed by atoms with Gasteiger partial charge in [0.25, 0.3) is 0 Å². The molecule has 0 aliphatic rings. The van der Waals surface area contributed by atoms with Crippen LogP contribution in [0.5, 0.6) is 57.5 Å². The van der Waals surface area contributed by atoms with Gasteiger partial charge in [0.2, 0.25) is 0 Å². The smallest absolute Gasteiger partial charge is 0.343 e. The molecule has 0 fully saturated rings. The molecule has 8 aromatic carbocycles. The molecule has 798 valence electrons. The Labute approximate surface area is 860 Å². The maximum absolute atomic E-state index is 12.7. The molecule has 0 bridgehead atoms. The highest BCUT2D eigenvalue weighted by molar-refractivity contribution is 5.94. The summed E-state index contributed by atoms with van der Waals surface area (Å²) in [6, 6.07) is 50.7. The molecule has 8 rings (SSSR count). The molecule has 8 aromatic rings. The van der Waals surface area contributed by atoms with Crippen LogP contribution in [0.3, 0.4) is 0 Å². The first-order chi connectivity index (χ1) is 66.4. The van der Waals surface area contributed by atoms with Gasteiger partial charge in [-0.1, -0.05) is 229 Å². The van der Waals surface area contributed by atoms with Gasteiger partial charge in [0, 0.05) is 38.5 Å². The number of hydrogen-bond acceptors (Lipinski definition) is 23. The lowest BCUT2D eigenvalue weighted by molar-refractivity contribution is -0.144. The number of aryl methyl sites for hydroxylation is 2.